The highest BCUT2D eigenvalue weighted by Gasteiger charge is 2.53. The highest BCUT2D eigenvalue weighted by Crippen LogP contribution is 2.42. The van der Waals surface area contributed by atoms with Gasteiger partial charge in [0.25, 0.3) is 11.8 Å². The van der Waals surface area contributed by atoms with Crippen molar-refractivity contribution in [1.82, 2.24) is 29.7 Å². The van der Waals surface area contributed by atoms with E-state index in [1.807, 2.05) is 4.57 Å². The average Bonchev–Trinajstić information content (AvgIpc) is 3.87. The topological polar surface area (TPSA) is 182 Å². The van der Waals surface area contributed by atoms with Crippen molar-refractivity contribution in [1.29, 1.82) is 0 Å². The predicted octanol–water partition coefficient (Wildman–Crippen LogP) is 5.92. The Bertz CT molecular complexity index is 1590. The zero-order chi connectivity index (χ0) is 40.4. The molecule has 0 aliphatic carbocycles. The number of carbonyl (C=O) groups excluding carboxylic acids is 3. The summed E-state index contributed by atoms with van der Waals surface area (Å²) in [6.07, 6.45) is 2.28. The molecule has 3 amide bonds. The van der Waals surface area contributed by atoms with Crippen LogP contribution >= 0.6 is 0 Å². The fourth-order valence-corrected chi connectivity index (χ4v) is 16.0. The maximum absolute atomic E-state index is 12.5. The number of imidazole rings is 1. The van der Waals surface area contributed by atoms with Crippen molar-refractivity contribution in [2.24, 2.45) is 0 Å². The van der Waals surface area contributed by atoms with E-state index in [0.717, 1.165) is 59.3 Å². The molecule has 2 aromatic rings. The Kier molecular flexibility index (Phi) is 16.2. The van der Waals surface area contributed by atoms with Crippen LogP contribution in [-0.4, -0.2) is 112 Å². The van der Waals surface area contributed by atoms with Crippen LogP contribution in [0.3, 0.4) is 0 Å². The van der Waals surface area contributed by atoms with Gasteiger partial charge in [0.1, 0.15) is 24.9 Å². The molecule has 1 fully saturated rings. The summed E-state index contributed by atoms with van der Waals surface area (Å²) in [6, 6.07) is 8.96. The molecule has 15 nitrogen and oxygen atoms in total. The molecule has 55 heavy (non-hydrogen) atoms. The smallest absolute Gasteiger partial charge is 0.253 e. The van der Waals surface area contributed by atoms with Crippen molar-refractivity contribution in [3.05, 3.63) is 18.5 Å². The standard InChI is InChI=1S/C37H65N7O8Si3/c1-10-53(11-2,12-3)49-25-27-32(51-54(13-4,14-5)15-6)33(52-55(16-7,17-8)18-9)36(50-27)44-26-40-31-34(44)41-37(38)42-35(31)48-24-22-39-28(45)21-23-43-29(46)19-20-30(43)47/h19-20,26-27,32-33,36H,10-18,21-25H2,1-9H3,(H,39,45)(H2,38,41,42)/t27-,32-,33-,36-/m1/s1. The first kappa shape index (κ1) is 44.7. The first-order valence-electron chi connectivity index (χ1n) is 20.4. The van der Waals surface area contributed by atoms with Gasteiger partial charge in [-0.05, 0) is 54.4 Å². The molecule has 0 bridgehead atoms. The molecule has 308 valence electrons. The van der Waals surface area contributed by atoms with Crippen molar-refractivity contribution in [2.45, 2.75) is 148 Å². The van der Waals surface area contributed by atoms with Crippen molar-refractivity contribution in [3.63, 3.8) is 0 Å². The summed E-state index contributed by atoms with van der Waals surface area (Å²) in [4.78, 5) is 50.8. The second-order valence-electron chi connectivity index (χ2n) is 14.6. The van der Waals surface area contributed by atoms with Crippen molar-refractivity contribution in [2.75, 3.05) is 32.0 Å². The normalized spacial score (nSPS) is 20.6. The van der Waals surface area contributed by atoms with Crippen molar-refractivity contribution >= 4 is 59.8 Å². The summed E-state index contributed by atoms with van der Waals surface area (Å²) < 4.78 is 36.7. The Hall–Kier alpha value is -3.01. The number of hydrogen-bond acceptors (Lipinski definition) is 12. The molecular formula is C37H65N7O8Si3. The monoisotopic (exact) mass is 819 g/mol. The Labute approximate surface area is 329 Å². The summed E-state index contributed by atoms with van der Waals surface area (Å²) in [5.41, 5.74) is 7.13. The second-order valence-corrected chi connectivity index (χ2v) is 28.8. The van der Waals surface area contributed by atoms with Gasteiger partial charge in [-0.3, -0.25) is 23.9 Å². The van der Waals surface area contributed by atoms with Crippen LogP contribution in [0.25, 0.3) is 11.2 Å². The number of imide groups is 1. The number of anilines is 1. The summed E-state index contributed by atoms with van der Waals surface area (Å²) in [5, 5.41) is 2.75. The summed E-state index contributed by atoms with van der Waals surface area (Å²) in [5.74, 6) is -0.990. The van der Waals surface area contributed by atoms with Crippen LogP contribution in [0.2, 0.25) is 54.4 Å². The number of ether oxygens (including phenoxy) is 2. The fraction of sp³-hybridized carbons (Fsp3) is 0.730. The number of amides is 3. The van der Waals surface area contributed by atoms with Gasteiger partial charge in [-0.1, -0.05) is 62.3 Å². The molecule has 0 aromatic carbocycles. The van der Waals surface area contributed by atoms with Gasteiger partial charge in [0, 0.05) is 25.1 Å². The maximum Gasteiger partial charge on any atom is 0.253 e. The molecule has 18 heteroatoms. The van der Waals surface area contributed by atoms with E-state index in [2.05, 4.69) is 77.6 Å². The molecule has 4 rings (SSSR count). The van der Waals surface area contributed by atoms with E-state index in [0.29, 0.717) is 17.8 Å². The van der Waals surface area contributed by atoms with Crippen molar-refractivity contribution in [3.8, 4) is 5.88 Å². The molecule has 0 radical (unpaired) electrons. The number of aromatic nitrogens is 4. The zero-order valence-corrected chi connectivity index (χ0v) is 37.5. The van der Waals surface area contributed by atoms with E-state index in [1.54, 1.807) is 6.33 Å². The van der Waals surface area contributed by atoms with Gasteiger partial charge in [0.05, 0.1) is 19.5 Å². The van der Waals surface area contributed by atoms with E-state index in [-0.39, 0.29) is 56.1 Å². The first-order valence-corrected chi connectivity index (χ1v) is 28.0. The van der Waals surface area contributed by atoms with E-state index >= 15 is 0 Å². The van der Waals surface area contributed by atoms with Gasteiger partial charge in [0.15, 0.2) is 42.3 Å². The number of nitrogen functional groups attached to an aromatic ring is 1. The Morgan fingerprint density at radius 2 is 1.36 bits per heavy atom. The molecule has 4 atom stereocenters. The highest BCUT2D eigenvalue weighted by atomic mass is 28.4. The third kappa shape index (κ3) is 10.1. The minimum atomic E-state index is -2.20. The maximum atomic E-state index is 12.5. The van der Waals surface area contributed by atoms with Gasteiger partial charge in [-0.2, -0.15) is 9.97 Å². The molecule has 2 aliphatic heterocycles. The molecule has 2 aliphatic rings. The third-order valence-corrected chi connectivity index (χ3v) is 26.1. The van der Waals surface area contributed by atoms with E-state index in [4.69, 9.17) is 33.5 Å². The minimum absolute atomic E-state index is 0.000186. The van der Waals surface area contributed by atoms with Crippen molar-refractivity contribution < 1.29 is 37.1 Å². The minimum Gasteiger partial charge on any atom is -0.474 e. The number of fused-ring (bicyclic) bond motifs is 1. The molecule has 0 unspecified atom stereocenters. The van der Waals surface area contributed by atoms with Crippen LogP contribution in [-0.2, 0) is 32.4 Å². The van der Waals surface area contributed by atoms with Gasteiger partial charge in [-0.15, -0.1) is 0 Å². The molecule has 2 aromatic heterocycles. The number of nitrogens with zero attached hydrogens (tertiary/aromatic N) is 5. The number of hydrogen-bond donors (Lipinski definition) is 2. The first-order chi connectivity index (χ1) is 26.4. The average molecular weight is 820 g/mol. The van der Waals surface area contributed by atoms with Gasteiger partial charge in [0.2, 0.25) is 17.7 Å². The van der Waals surface area contributed by atoms with Gasteiger partial charge in [-0.25, -0.2) is 4.98 Å². The van der Waals surface area contributed by atoms with Crippen LogP contribution in [0.4, 0.5) is 5.95 Å². The highest BCUT2D eigenvalue weighted by molar-refractivity contribution is 6.74. The number of nitrogens with one attached hydrogen (secondary N) is 1. The van der Waals surface area contributed by atoms with Gasteiger partial charge >= 0.3 is 0 Å². The molecule has 0 saturated carbocycles. The lowest BCUT2D eigenvalue weighted by Gasteiger charge is -2.40. The quantitative estimate of drug-likeness (QED) is 0.0726. The lowest BCUT2D eigenvalue weighted by Crippen LogP contribution is -2.52. The van der Waals surface area contributed by atoms with Crippen LogP contribution in [0.15, 0.2) is 18.5 Å². The Morgan fingerprint density at radius 1 is 0.818 bits per heavy atom. The van der Waals surface area contributed by atoms with E-state index in [9.17, 15) is 14.4 Å². The Morgan fingerprint density at radius 3 is 1.91 bits per heavy atom. The molecule has 3 N–H and O–H groups in total. The molecule has 4 heterocycles. The fourth-order valence-electron chi connectivity index (χ4n) is 7.71. The SMILES string of the molecule is CC[Si](CC)(CC)OC[C@H]1O[C@@H](n2cnc3c(OCCNC(=O)CCN4C(=O)C=CC4=O)nc(N)nc32)[C@H](O[Si](CC)(CC)CC)[C@@H]1O[Si](CC)(CC)CC. The number of carbonyl (C=O) groups is 3. The number of rotatable bonds is 24. The summed E-state index contributed by atoms with van der Waals surface area (Å²) in [6.45, 7) is 20.8. The Balaban J connectivity index is 1.64. The molecular weight excluding hydrogens is 755 g/mol. The van der Waals surface area contributed by atoms with Crippen LogP contribution in [0.1, 0.15) is 75.0 Å². The van der Waals surface area contributed by atoms with Gasteiger partial charge < -0.3 is 33.8 Å². The third-order valence-electron chi connectivity index (χ3n) is 12.2. The summed E-state index contributed by atoms with van der Waals surface area (Å²) in [7, 11) is -6.31. The largest absolute Gasteiger partial charge is 0.474 e. The lowest BCUT2D eigenvalue weighted by atomic mass is 10.1. The van der Waals surface area contributed by atoms with Crippen LogP contribution in [0.5, 0.6) is 5.88 Å². The van der Waals surface area contributed by atoms with E-state index in [1.165, 1.54) is 12.2 Å². The lowest BCUT2D eigenvalue weighted by molar-refractivity contribution is -0.137. The zero-order valence-electron chi connectivity index (χ0n) is 34.5. The van der Waals surface area contributed by atoms with Crippen LogP contribution < -0.4 is 15.8 Å². The molecule has 0 spiro atoms. The van der Waals surface area contributed by atoms with E-state index < -0.39 is 49.1 Å². The number of nitrogens with two attached hydrogens (primary N) is 1. The summed E-state index contributed by atoms with van der Waals surface area (Å²) >= 11 is 0. The molecule has 1 saturated heterocycles. The predicted molar refractivity (Wildman–Crippen MR) is 220 cm³/mol. The second kappa shape index (κ2) is 19.9. The van der Waals surface area contributed by atoms with Crippen LogP contribution in [0, 0.1) is 0 Å².